The van der Waals surface area contributed by atoms with Gasteiger partial charge >= 0.3 is 0 Å². The van der Waals surface area contributed by atoms with Gasteiger partial charge in [-0.15, -0.1) is 0 Å². The summed E-state index contributed by atoms with van der Waals surface area (Å²) in [6.45, 7) is 4.14. The second-order valence-electron chi connectivity index (χ2n) is 3.67. The molecule has 1 rings (SSSR count). The number of hydrogen-bond acceptors (Lipinski definition) is 4. The third kappa shape index (κ3) is 3.21. The number of rotatable bonds is 5. The average Bonchev–Trinajstić information content (AvgIpc) is 2.35. The molecule has 86 valence electrons. The van der Waals surface area contributed by atoms with Crippen molar-refractivity contribution in [1.82, 2.24) is 10.3 Å². The SMILES string of the molecule is CCC(C)NC(C#N)c1ccc(OC)nc1. The molecule has 1 N–H and O–H groups in total. The number of methoxy groups -OCH3 is 1. The van der Waals surface area contributed by atoms with Crippen LogP contribution in [0, 0.1) is 11.3 Å². The summed E-state index contributed by atoms with van der Waals surface area (Å²) in [5, 5.41) is 12.3. The van der Waals surface area contributed by atoms with E-state index < -0.39 is 0 Å². The molecule has 0 aromatic carbocycles. The third-order valence-electron chi connectivity index (χ3n) is 2.49. The summed E-state index contributed by atoms with van der Waals surface area (Å²) in [6, 6.07) is 5.85. The van der Waals surface area contributed by atoms with E-state index in [4.69, 9.17) is 10.00 Å². The summed E-state index contributed by atoms with van der Waals surface area (Å²) in [6.07, 6.45) is 2.66. The lowest BCUT2D eigenvalue weighted by molar-refractivity contribution is 0.397. The number of nitriles is 1. The summed E-state index contributed by atoms with van der Waals surface area (Å²) in [4.78, 5) is 4.09. The Bertz CT molecular complexity index is 356. The van der Waals surface area contributed by atoms with Crippen molar-refractivity contribution in [3.05, 3.63) is 23.9 Å². The van der Waals surface area contributed by atoms with Crippen molar-refractivity contribution in [3.63, 3.8) is 0 Å². The first-order chi connectivity index (χ1) is 7.71. The van der Waals surface area contributed by atoms with Crippen molar-refractivity contribution in [2.45, 2.75) is 32.4 Å². The van der Waals surface area contributed by atoms with Gasteiger partial charge in [0, 0.05) is 23.9 Å². The fourth-order valence-electron chi connectivity index (χ4n) is 1.29. The third-order valence-corrected chi connectivity index (χ3v) is 2.49. The molecule has 16 heavy (non-hydrogen) atoms. The monoisotopic (exact) mass is 219 g/mol. The molecule has 1 heterocycles. The Kier molecular flexibility index (Phi) is 4.74. The van der Waals surface area contributed by atoms with E-state index in [0.717, 1.165) is 12.0 Å². The fourth-order valence-corrected chi connectivity index (χ4v) is 1.29. The number of hydrogen-bond donors (Lipinski definition) is 1. The summed E-state index contributed by atoms with van der Waals surface area (Å²) >= 11 is 0. The zero-order valence-electron chi connectivity index (χ0n) is 9.90. The molecule has 4 heteroatoms. The molecule has 2 atom stereocenters. The minimum absolute atomic E-state index is 0.312. The molecular formula is C12H17N3O. The van der Waals surface area contributed by atoms with Crippen LogP contribution < -0.4 is 10.1 Å². The van der Waals surface area contributed by atoms with Gasteiger partial charge in [0.05, 0.1) is 13.2 Å². The topological polar surface area (TPSA) is 57.9 Å². The van der Waals surface area contributed by atoms with Crippen LogP contribution in [0.5, 0.6) is 5.88 Å². The Hall–Kier alpha value is -1.60. The Morgan fingerprint density at radius 2 is 2.31 bits per heavy atom. The first-order valence-electron chi connectivity index (χ1n) is 5.36. The average molecular weight is 219 g/mol. The number of aromatic nitrogens is 1. The van der Waals surface area contributed by atoms with Crippen molar-refractivity contribution in [2.24, 2.45) is 0 Å². The highest BCUT2D eigenvalue weighted by molar-refractivity contribution is 5.24. The quantitative estimate of drug-likeness (QED) is 0.823. The number of nitrogens with one attached hydrogen (secondary N) is 1. The highest BCUT2D eigenvalue weighted by Gasteiger charge is 2.12. The molecule has 0 aliphatic heterocycles. The molecule has 0 fully saturated rings. The molecule has 0 saturated heterocycles. The molecule has 0 bridgehead atoms. The van der Waals surface area contributed by atoms with Gasteiger partial charge in [0.15, 0.2) is 0 Å². The number of pyridine rings is 1. The standard InChI is InChI=1S/C12H17N3O/c1-4-9(2)15-11(7-13)10-5-6-12(16-3)14-8-10/h5-6,8-9,11,15H,4H2,1-3H3. The highest BCUT2D eigenvalue weighted by atomic mass is 16.5. The molecular weight excluding hydrogens is 202 g/mol. The molecule has 0 aliphatic rings. The van der Waals surface area contributed by atoms with E-state index in [1.807, 2.05) is 6.07 Å². The van der Waals surface area contributed by atoms with Crippen LogP contribution in [0.3, 0.4) is 0 Å². The number of nitrogens with zero attached hydrogens (tertiary/aromatic N) is 2. The molecule has 0 amide bonds. The van der Waals surface area contributed by atoms with E-state index in [1.165, 1.54) is 0 Å². The lowest BCUT2D eigenvalue weighted by Crippen LogP contribution is -2.29. The van der Waals surface area contributed by atoms with Crippen LogP contribution in [0.2, 0.25) is 0 Å². The predicted molar refractivity (Wildman–Crippen MR) is 62.0 cm³/mol. The minimum atomic E-state index is -0.312. The van der Waals surface area contributed by atoms with Crippen molar-refractivity contribution in [2.75, 3.05) is 7.11 Å². The smallest absolute Gasteiger partial charge is 0.212 e. The fraction of sp³-hybridized carbons (Fsp3) is 0.500. The minimum Gasteiger partial charge on any atom is -0.481 e. The van der Waals surface area contributed by atoms with Gasteiger partial charge in [-0.05, 0) is 19.4 Å². The van der Waals surface area contributed by atoms with E-state index in [1.54, 1.807) is 19.4 Å². The maximum absolute atomic E-state index is 9.08. The van der Waals surface area contributed by atoms with Crippen LogP contribution >= 0.6 is 0 Å². The summed E-state index contributed by atoms with van der Waals surface area (Å²) in [7, 11) is 1.57. The van der Waals surface area contributed by atoms with Gasteiger partial charge in [-0.2, -0.15) is 5.26 Å². The van der Waals surface area contributed by atoms with E-state index in [2.05, 4.69) is 30.2 Å². The molecule has 0 spiro atoms. The van der Waals surface area contributed by atoms with Crippen LogP contribution in [-0.4, -0.2) is 18.1 Å². The van der Waals surface area contributed by atoms with Gasteiger partial charge in [0.2, 0.25) is 5.88 Å². The Balaban J connectivity index is 2.76. The Labute approximate surface area is 96.3 Å². The molecule has 0 aliphatic carbocycles. The van der Waals surface area contributed by atoms with Crippen LogP contribution in [0.4, 0.5) is 0 Å². The molecule has 2 unspecified atom stereocenters. The summed E-state index contributed by atoms with van der Waals surface area (Å²) in [5.41, 5.74) is 0.864. The second kappa shape index (κ2) is 6.09. The van der Waals surface area contributed by atoms with Gasteiger partial charge in [-0.25, -0.2) is 4.98 Å². The summed E-state index contributed by atoms with van der Waals surface area (Å²) in [5.74, 6) is 0.559. The van der Waals surface area contributed by atoms with Crippen molar-refractivity contribution in [3.8, 4) is 11.9 Å². The normalized spacial score (nSPS) is 13.9. The van der Waals surface area contributed by atoms with Crippen molar-refractivity contribution >= 4 is 0 Å². The van der Waals surface area contributed by atoms with Gasteiger partial charge in [-0.3, -0.25) is 5.32 Å². The lowest BCUT2D eigenvalue weighted by atomic mass is 10.1. The van der Waals surface area contributed by atoms with E-state index >= 15 is 0 Å². The van der Waals surface area contributed by atoms with Crippen molar-refractivity contribution in [1.29, 1.82) is 5.26 Å². The van der Waals surface area contributed by atoms with E-state index in [9.17, 15) is 0 Å². The van der Waals surface area contributed by atoms with Crippen LogP contribution in [0.1, 0.15) is 31.9 Å². The predicted octanol–water partition coefficient (Wildman–Crippen LogP) is 2.04. The Morgan fingerprint density at radius 1 is 1.56 bits per heavy atom. The van der Waals surface area contributed by atoms with E-state index in [0.29, 0.717) is 11.9 Å². The lowest BCUT2D eigenvalue weighted by Gasteiger charge is -2.16. The molecule has 0 saturated carbocycles. The van der Waals surface area contributed by atoms with Crippen LogP contribution in [0.15, 0.2) is 18.3 Å². The van der Waals surface area contributed by atoms with Crippen LogP contribution in [0.25, 0.3) is 0 Å². The first kappa shape index (κ1) is 12.5. The Morgan fingerprint density at radius 3 is 2.75 bits per heavy atom. The van der Waals surface area contributed by atoms with Gasteiger partial charge < -0.3 is 4.74 Å². The van der Waals surface area contributed by atoms with Crippen molar-refractivity contribution < 1.29 is 4.74 Å². The first-order valence-corrected chi connectivity index (χ1v) is 5.36. The maximum atomic E-state index is 9.08. The largest absolute Gasteiger partial charge is 0.481 e. The molecule has 0 radical (unpaired) electrons. The molecule has 1 aromatic heterocycles. The molecule has 1 aromatic rings. The van der Waals surface area contributed by atoms with Gasteiger partial charge in [0.25, 0.3) is 0 Å². The number of ether oxygens (including phenoxy) is 1. The zero-order chi connectivity index (χ0) is 12.0. The van der Waals surface area contributed by atoms with E-state index in [-0.39, 0.29) is 6.04 Å². The highest BCUT2D eigenvalue weighted by Crippen LogP contribution is 2.15. The second-order valence-corrected chi connectivity index (χ2v) is 3.67. The zero-order valence-corrected chi connectivity index (χ0v) is 9.90. The molecule has 4 nitrogen and oxygen atoms in total. The van der Waals surface area contributed by atoms with Gasteiger partial charge in [-0.1, -0.05) is 6.92 Å². The van der Waals surface area contributed by atoms with Crippen LogP contribution in [-0.2, 0) is 0 Å². The maximum Gasteiger partial charge on any atom is 0.212 e. The van der Waals surface area contributed by atoms with Gasteiger partial charge in [0.1, 0.15) is 6.04 Å². The summed E-state index contributed by atoms with van der Waals surface area (Å²) < 4.78 is 4.97.